The van der Waals surface area contributed by atoms with Crippen molar-refractivity contribution >= 4 is 6.21 Å². The van der Waals surface area contributed by atoms with Crippen LogP contribution < -0.4 is 0 Å². The van der Waals surface area contributed by atoms with Gasteiger partial charge in [0.2, 0.25) is 0 Å². The molecule has 0 aliphatic rings. The van der Waals surface area contributed by atoms with E-state index in [2.05, 4.69) is 65.7 Å². The molecule has 3 rings (SSSR count). The van der Waals surface area contributed by atoms with Crippen LogP contribution in [-0.4, -0.2) is 6.21 Å². The minimum Gasteiger partial charge on any atom is -0.288 e. The van der Waals surface area contributed by atoms with E-state index in [4.69, 9.17) is 0 Å². The highest BCUT2D eigenvalue weighted by atomic mass is 14.7. The highest BCUT2D eigenvalue weighted by molar-refractivity contribution is 5.81. The van der Waals surface area contributed by atoms with Crippen LogP contribution in [-0.2, 0) is 6.54 Å². The van der Waals surface area contributed by atoms with Gasteiger partial charge in [0.1, 0.15) is 0 Å². The van der Waals surface area contributed by atoms with Gasteiger partial charge in [0.15, 0.2) is 0 Å². The molecule has 0 saturated heterocycles. The summed E-state index contributed by atoms with van der Waals surface area (Å²) in [6.07, 6.45) is 1.93. The van der Waals surface area contributed by atoms with Crippen molar-refractivity contribution < 1.29 is 0 Å². The molecular weight excluding hydrogens is 254 g/mol. The fourth-order valence-electron chi connectivity index (χ4n) is 2.23. The van der Waals surface area contributed by atoms with E-state index >= 15 is 0 Å². The van der Waals surface area contributed by atoms with Gasteiger partial charge in [-0.15, -0.1) is 0 Å². The van der Waals surface area contributed by atoms with Gasteiger partial charge in [0.05, 0.1) is 6.54 Å². The molecule has 0 spiro atoms. The summed E-state index contributed by atoms with van der Waals surface area (Å²) >= 11 is 0. The van der Waals surface area contributed by atoms with Gasteiger partial charge in [0.25, 0.3) is 0 Å². The largest absolute Gasteiger partial charge is 0.288 e. The van der Waals surface area contributed by atoms with Gasteiger partial charge in [-0.1, -0.05) is 84.9 Å². The molecule has 0 heterocycles. The van der Waals surface area contributed by atoms with Crippen molar-refractivity contribution in [2.24, 2.45) is 4.99 Å². The number of nitrogens with zero attached hydrogens (tertiary/aromatic N) is 1. The number of hydrogen-bond acceptors (Lipinski definition) is 1. The lowest BCUT2D eigenvalue weighted by atomic mass is 10.0. The monoisotopic (exact) mass is 271 g/mol. The Morgan fingerprint density at radius 3 is 1.86 bits per heavy atom. The first-order valence-electron chi connectivity index (χ1n) is 7.11. The molecule has 0 unspecified atom stereocenters. The summed E-state index contributed by atoms with van der Waals surface area (Å²) in [7, 11) is 0. The second-order valence-electron chi connectivity index (χ2n) is 4.94. The Bertz CT molecular complexity index is 698. The molecule has 0 aliphatic carbocycles. The summed E-state index contributed by atoms with van der Waals surface area (Å²) in [6.45, 7) is 0.723. The van der Waals surface area contributed by atoms with Crippen molar-refractivity contribution in [1.82, 2.24) is 0 Å². The van der Waals surface area contributed by atoms with E-state index in [9.17, 15) is 0 Å². The summed E-state index contributed by atoms with van der Waals surface area (Å²) in [4.78, 5) is 4.49. The standard InChI is InChI=1S/C20H17N/c1-3-7-17(8-4-1)15-21-16-18-11-13-20(14-12-18)19-9-5-2-6-10-19/h1-14,16H,15H2. The molecular formula is C20H17N. The van der Waals surface area contributed by atoms with E-state index in [1.54, 1.807) is 0 Å². The van der Waals surface area contributed by atoms with Crippen LogP contribution in [0.1, 0.15) is 11.1 Å². The first kappa shape index (κ1) is 13.3. The van der Waals surface area contributed by atoms with Gasteiger partial charge in [-0.05, 0) is 22.3 Å². The smallest absolute Gasteiger partial charge is 0.0639 e. The van der Waals surface area contributed by atoms with Crippen LogP contribution in [0.15, 0.2) is 89.9 Å². The fourth-order valence-corrected chi connectivity index (χ4v) is 2.23. The number of hydrogen-bond donors (Lipinski definition) is 0. The summed E-state index contributed by atoms with van der Waals surface area (Å²) in [5.41, 5.74) is 4.83. The van der Waals surface area contributed by atoms with Gasteiger partial charge in [-0.2, -0.15) is 0 Å². The van der Waals surface area contributed by atoms with E-state index < -0.39 is 0 Å². The minimum atomic E-state index is 0.723. The predicted molar refractivity (Wildman–Crippen MR) is 89.6 cm³/mol. The topological polar surface area (TPSA) is 12.4 Å². The molecule has 1 heteroatoms. The number of aliphatic imine (C=N–C) groups is 1. The summed E-state index contributed by atoms with van der Waals surface area (Å²) < 4.78 is 0. The lowest BCUT2D eigenvalue weighted by Gasteiger charge is -2.01. The molecule has 3 aromatic rings. The number of rotatable bonds is 4. The maximum Gasteiger partial charge on any atom is 0.0639 e. The highest BCUT2D eigenvalue weighted by Crippen LogP contribution is 2.18. The second kappa shape index (κ2) is 6.67. The first-order chi connectivity index (χ1) is 10.4. The van der Waals surface area contributed by atoms with Crippen LogP contribution in [0.5, 0.6) is 0 Å². The zero-order chi connectivity index (χ0) is 14.3. The van der Waals surface area contributed by atoms with Gasteiger partial charge in [-0.25, -0.2) is 0 Å². The van der Waals surface area contributed by atoms with Crippen molar-refractivity contribution in [2.75, 3.05) is 0 Å². The SMILES string of the molecule is C(=NCc1ccccc1)c1ccc(-c2ccccc2)cc1. The van der Waals surface area contributed by atoms with Gasteiger partial charge < -0.3 is 0 Å². The third-order valence-electron chi connectivity index (χ3n) is 3.37. The summed E-state index contributed by atoms with van der Waals surface area (Å²) in [6, 6.07) is 29.2. The summed E-state index contributed by atoms with van der Waals surface area (Å²) in [5.74, 6) is 0. The molecule has 102 valence electrons. The molecule has 0 saturated carbocycles. The van der Waals surface area contributed by atoms with E-state index in [0.717, 1.165) is 12.1 Å². The Balaban J connectivity index is 1.67. The van der Waals surface area contributed by atoms with E-state index in [0.29, 0.717) is 0 Å². The molecule has 0 aliphatic heterocycles. The van der Waals surface area contributed by atoms with Crippen LogP contribution in [0.25, 0.3) is 11.1 Å². The first-order valence-corrected chi connectivity index (χ1v) is 7.11. The predicted octanol–water partition coefficient (Wildman–Crippen LogP) is 4.97. The lowest BCUT2D eigenvalue weighted by molar-refractivity contribution is 1.08. The van der Waals surface area contributed by atoms with Gasteiger partial charge >= 0.3 is 0 Å². The minimum absolute atomic E-state index is 0.723. The second-order valence-corrected chi connectivity index (χ2v) is 4.94. The normalized spacial score (nSPS) is 10.9. The third kappa shape index (κ3) is 3.67. The maximum absolute atomic E-state index is 4.49. The number of benzene rings is 3. The Morgan fingerprint density at radius 1 is 0.619 bits per heavy atom. The maximum atomic E-state index is 4.49. The Kier molecular flexibility index (Phi) is 4.23. The fraction of sp³-hybridized carbons (Fsp3) is 0.0500. The van der Waals surface area contributed by atoms with Crippen LogP contribution in [0, 0.1) is 0 Å². The van der Waals surface area contributed by atoms with E-state index in [-0.39, 0.29) is 0 Å². The molecule has 0 fully saturated rings. The molecule has 0 radical (unpaired) electrons. The van der Waals surface area contributed by atoms with Crippen molar-refractivity contribution in [3.05, 3.63) is 96.1 Å². The highest BCUT2D eigenvalue weighted by Gasteiger charge is 1.95. The molecule has 0 N–H and O–H groups in total. The zero-order valence-corrected chi connectivity index (χ0v) is 11.8. The lowest BCUT2D eigenvalue weighted by Crippen LogP contribution is -1.85. The van der Waals surface area contributed by atoms with Crippen LogP contribution >= 0.6 is 0 Å². The van der Waals surface area contributed by atoms with Crippen molar-refractivity contribution in [3.8, 4) is 11.1 Å². The Labute approximate surface area is 125 Å². The third-order valence-corrected chi connectivity index (χ3v) is 3.37. The average Bonchev–Trinajstić information content (AvgIpc) is 2.57. The molecule has 0 aromatic heterocycles. The van der Waals surface area contributed by atoms with Crippen LogP contribution in [0.3, 0.4) is 0 Å². The quantitative estimate of drug-likeness (QED) is 0.594. The summed E-state index contributed by atoms with van der Waals surface area (Å²) in [5, 5.41) is 0. The van der Waals surface area contributed by atoms with Gasteiger partial charge in [0, 0.05) is 6.21 Å². The Hall–Kier alpha value is -2.67. The van der Waals surface area contributed by atoms with Crippen molar-refractivity contribution in [2.45, 2.75) is 6.54 Å². The van der Waals surface area contributed by atoms with Gasteiger partial charge in [-0.3, -0.25) is 4.99 Å². The van der Waals surface area contributed by atoms with E-state index in [1.807, 2.05) is 30.5 Å². The van der Waals surface area contributed by atoms with Crippen LogP contribution in [0.2, 0.25) is 0 Å². The molecule has 0 amide bonds. The van der Waals surface area contributed by atoms with Crippen LogP contribution in [0.4, 0.5) is 0 Å². The molecule has 1 nitrogen and oxygen atoms in total. The molecule has 21 heavy (non-hydrogen) atoms. The average molecular weight is 271 g/mol. The van der Waals surface area contributed by atoms with Crippen molar-refractivity contribution in [3.63, 3.8) is 0 Å². The van der Waals surface area contributed by atoms with E-state index in [1.165, 1.54) is 16.7 Å². The molecule has 3 aromatic carbocycles. The van der Waals surface area contributed by atoms with Crippen molar-refractivity contribution in [1.29, 1.82) is 0 Å². The zero-order valence-electron chi connectivity index (χ0n) is 11.8. The molecule has 0 atom stereocenters. The molecule has 0 bridgehead atoms. The Morgan fingerprint density at radius 2 is 1.19 bits per heavy atom.